The smallest absolute Gasteiger partial charge is 0.126 e. The molecule has 2 aromatic carbocycles. The lowest BCUT2D eigenvalue weighted by Gasteiger charge is -2.12. The van der Waals surface area contributed by atoms with Crippen molar-refractivity contribution in [2.45, 2.75) is 32.8 Å². The summed E-state index contributed by atoms with van der Waals surface area (Å²) in [6, 6.07) is 9.36. The summed E-state index contributed by atoms with van der Waals surface area (Å²) in [6.07, 6.45) is -0.192. The normalized spacial score (nSPS) is 12.4. The van der Waals surface area contributed by atoms with Gasteiger partial charge in [-0.3, -0.25) is 0 Å². The maximum Gasteiger partial charge on any atom is 0.126 e. The molecule has 0 saturated carbocycles. The Hall–Kier alpha value is -1.74. The van der Waals surface area contributed by atoms with Crippen molar-refractivity contribution in [1.29, 1.82) is 0 Å². The highest BCUT2D eigenvalue weighted by Crippen LogP contribution is 2.16. The van der Waals surface area contributed by atoms with E-state index in [0.29, 0.717) is 6.42 Å². The Morgan fingerprint density at radius 2 is 1.60 bits per heavy atom. The van der Waals surface area contributed by atoms with Gasteiger partial charge in [0.25, 0.3) is 0 Å². The maximum absolute atomic E-state index is 13.5. The van der Waals surface area contributed by atoms with E-state index in [2.05, 4.69) is 6.07 Å². The Labute approximate surface area is 117 Å². The summed E-state index contributed by atoms with van der Waals surface area (Å²) in [5.74, 6) is -0.967. The first kappa shape index (κ1) is 14.7. The fraction of sp³-hybridized carbons (Fsp3) is 0.294. The Morgan fingerprint density at radius 3 is 2.25 bits per heavy atom. The maximum atomic E-state index is 13.5. The van der Waals surface area contributed by atoms with Gasteiger partial charge in [-0.05, 0) is 49.6 Å². The van der Waals surface area contributed by atoms with Crippen molar-refractivity contribution < 1.29 is 13.9 Å². The SMILES string of the molecule is Cc1cc(C)cc(CC(O)Cc2cc(F)ccc2F)c1. The van der Waals surface area contributed by atoms with Crippen molar-refractivity contribution in [2.75, 3.05) is 0 Å². The van der Waals surface area contributed by atoms with E-state index in [4.69, 9.17) is 0 Å². The molecular formula is C17H18F2O. The molecule has 0 bridgehead atoms. The summed E-state index contributed by atoms with van der Waals surface area (Å²) >= 11 is 0. The molecule has 0 saturated heterocycles. The van der Waals surface area contributed by atoms with E-state index in [1.54, 1.807) is 0 Å². The number of hydrogen-bond donors (Lipinski definition) is 1. The third-order valence-corrected chi connectivity index (χ3v) is 3.22. The molecular weight excluding hydrogens is 258 g/mol. The van der Waals surface area contributed by atoms with Crippen LogP contribution in [-0.2, 0) is 12.8 Å². The molecule has 0 spiro atoms. The molecule has 0 aromatic heterocycles. The van der Waals surface area contributed by atoms with Gasteiger partial charge in [0, 0.05) is 6.42 Å². The number of aliphatic hydroxyl groups is 1. The number of aryl methyl sites for hydroxylation is 2. The summed E-state index contributed by atoms with van der Waals surface area (Å²) in [7, 11) is 0. The molecule has 1 nitrogen and oxygen atoms in total. The highest BCUT2D eigenvalue weighted by atomic mass is 19.1. The molecule has 0 amide bonds. The summed E-state index contributed by atoms with van der Waals surface area (Å²) in [5.41, 5.74) is 3.47. The first-order chi connectivity index (χ1) is 9.44. The van der Waals surface area contributed by atoms with Crippen LogP contribution in [0.1, 0.15) is 22.3 Å². The van der Waals surface area contributed by atoms with Gasteiger partial charge in [0.1, 0.15) is 11.6 Å². The lowest BCUT2D eigenvalue weighted by molar-refractivity contribution is 0.174. The van der Waals surface area contributed by atoms with Gasteiger partial charge >= 0.3 is 0 Å². The van der Waals surface area contributed by atoms with Gasteiger partial charge in [0.2, 0.25) is 0 Å². The van der Waals surface area contributed by atoms with Crippen LogP contribution in [0.15, 0.2) is 36.4 Å². The van der Waals surface area contributed by atoms with E-state index >= 15 is 0 Å². The second-order valence-corrected chi connectivity index (χ2v) is 5.29. The zero-order valence-electron chi connectivity index (χ0n) is 11.7. The van der Waals surface area contributed by atoms with Crippen LogP contribution in [0.3, 0.4) is 0 Å². The molecule has 0 heterocycles. The van der Waals surface area contributed by atoms with Gasteiger partial charge in [-0.25, -0.2) is 8.78 Å². The van der Waals surface area contributed by atoms with E-state index in [1.165, 1.54) is 0 Å². The number of benzene rings is 2. The summed E-state index contributed by atoms with van der Waals surface area (Å²) < 4.78 is 26.6. The number of aliphatic hydroxyl groups excluding tert-OH is 1. The third kappa shape index (κ3) is 3.87. The van der Waals surface area contributed by atoms with Crippen LogP contribution in [-0.4, -0.2) is 11.2 Å². The molecule has 1 atom stereocenters. The lowest BCUT2D eigenvalue weighted by Crippen LogP contribution is -2.15. The second kappa shape index (κ2) is 6.14. The summed E-state index contributed by atoms with van der Waals surface area (Å²) in [6.45, 7) is 3.99. The highest BCUT2D eigenvalue weighted by Gasteiger charge is 2.11. The Balaban J connectivity index is 2.08. The van der Waals surface area contributed by atoms with Gasteiger partial charge in [0.05, 0.1) is 6.10 Å². The van der Waals surface area contributed by atoms with Gasteiger partial charge in [0.15, 0.2) is 0 Å². The first-order valence-corrected chi connectivity index (χ1v) is 6.63. The van der Waals surface area contributed by atoms with E-state index in [1.807, 2.05) is 26.0 Å². The minimum Gasteiger partial charge on any atom is -0.392 e. The summed E-state index contributed by atoms with van der Waals surface area (Å²) in [5, 5.41) is 10.1. The van der Waals surface area contributed by atoms with E-state index < -0.39 is 17.7 Å². The Bertz CT molecular complexity index is 588. The molecule has 1 unspecified atom stereocenters. The fourth-order valence-corrected chi connectivity index (χ4v) is 2.48. The van der Waals surface area contributed by atoms with Crippen molar-refractivity contribution in [1.82, 2.24) is 0 Å². The number of rotatable bonds is 4. The van der Waals surface area contributed by atoms with E-state index in [-0.39, 0.29) is 12.0 Å². The average Bonchev–Trinajstić information content (AvgIpc) is 2.32. The predicted octanol–water partition coefficient (Wildman–Crippen LogP) is 3.73. The molecule has 0 aliphatic carbocycles. The predicted molar refractivity (Wildman–Crippen MR) is 75.7 cm³/mol. The number of hydrogen-bond acceptors (Lipinski definition) is 1. The molecule has 0 aliphatic heterocycles. The van der Waals surface area contributed by atoms with E-state index in [0.717, 1.165) is 34.9 Å². The molecule has 0 aliphatic rings. The second-order valence-electron chi connectivity index (χ2n) is 5.29. The largest absolute Gasteiger partial charge is 0.392 e. The van der Waals surface area contributed by atoms with Crippen LogP contribution in [0, 0.1) is 25.5 Å². The third-order valence-electron chi connectivity index (χ3n) is 3.22. The van der Waals surface area contributed by atoms with Crippen LogP contribution >= 0.6 is 0 Å². The van der Waals surface area contributed by atoms with Crippen LogP contribution in [0.4, 0.5) is 8.78 Å². The van der Waals surface area contributed by atoms with Gasteiger partial charge in [-0.2, -0.15) is 0 Å². The minimum absolute atomic E-state index is 0.108. The molecule has 2 aromatic rings. The summed E-state index contributed by atoms with van der Waals surface area (Å²) in [4.78, 5) is 0. The zero-order valence-corrected chi connectivity index (χ0v) is 11.7. The van der Waals surface area contributed by atoms with Crippen LogP contribution in [0.25, 0.3) is 0 Å². The molecule has 20 heavy (non-hydrogen) atoms. The van der Waals surface area contributed by atoms with Crippen molar-refractivity contribution in [3.63, 3.8) is 0 Å². The minimum atomic E-state index is -0.729. The standard InChI is InChI=1S/C17H18F2O/c1-11-5-12(2)7-13(6-11)8-16(20)10-14-9-15(18)3-4-17(14)19/h3-7,9,16,20H,8,10H2,1-2H3. The molecule has 3 heteroatoms. The monoisotopic (exact) mass is 276 g/mol. The Kier molecular flexibility index (Phi) is 4.50. The average molecular weight is 276 g/mol. The Morgan fingerprint density at radius 1 is 0.950 bits per heavy atom. The quantitative estimate of drug-likeness (QED) is 0.902. The van der Waals surface area contributed by atoms with Crippen LogP contribution in [0.5, 0.6) is 0 Å². The van der Waals surface area contributed by atoms with Crippen LogP contribution < -0.4 is 0 Å². The highest BCUT2D eigenvalue weighted by molar-refractivity contribution is 5.29. The fourth-order valence-electron chi connectivity index (χ4n) is 2.48. The van der Waals surface area contributed by atoms with Crippen molar-refractivity contribution in [3.05, 3.63) is 70.3 Å². The topological polar surface area (TPSA) is 20.2 Å². The molecule has 1 N–H and O–H groups in total. The van der Waals surface area contributed by atoms with E-state index in [9.17, 15) is 13.9 Å². The van der Waals surface area contributed by atoms with Gasteiger partial charge < -0.3 is 5.11 Å². The first-order valence-electron chi connectivity index (χ1n) is 6.63. The molecule has 0 radical (unpaired) electrons. The van der Waals surface area contributed by atoms with Crippen molar-refractivity contribution >= 4 is 0 Å². The molecule has 0 fully saturated rings. The lowest BCUT2D eigenvalue weighted by atomic mass is 9.98. The van der Waals surface area contributed by atoms with Crippen molar-refractivity contribution in [2.24, 2.45) is 0 Å². The zero-order chi connectivity index (χ0) is 14.7. The van der Waals surface area contributed by atoms with Gasteiger partial charge in [-0.1, -0.05) is 29.3 Å². The molecule has 2 rings (SSSR count). The van der Waals surface area contributed by atoms with Gasteiger partial charge in [-0.15, -0.1) is 0 Å². The number of halogens is 2. The van der Waals surface area contributed by atoms with Crippen LogP contribution in [0.2, 0.25) is 0 Å². The van der Waals surface area contributed by atoms with Crippen molar-refractivity contribution in [3.8, 4) is 0 Å². The molecule has 106 valence electrons.